The highest BCUT2D eigenvalue weighted by molar-refractivity contribution is 6.21. The number of allylic oxidation sites excluding steroid dienone is 2. The number of aryl methyl sites for hydroxylation is 2. The molecule has 1 aromatic heterocycles. The van der Waals surface area contributed by atoms with Gasteiger partial charge in [-0.3, -0.25) is 9.59 Å². The summed E-state index contributed by atoms with van der Waals surface area (Å²) >= 11 is 0. The Balaban J connectivity index is 2.02. The number of hydrogen-bond donors (Lipinski definition) is 1. The maximum atomic E-state index is 12.5. The van der Waals surface area contributed by atoms with Crippen LogP contribution in [0.2, 0.25) is 0 Å². The molecule has 0 saturated carbocycles. The second kappa shape index (κ2) is 6.27. The molecular formula is C20H23NO3. The Morgan fingerprint density at radius 3 is 2.62 bits per heavy atom. The Hall–Kier alpha value is -2.36. The zero-order valence-electron chi connectivity index (χ0n) is 14.4. The first-order valence-corrected chi connectivity index (χ1v) is 8.48. The molecule has 0 bridgehead atoms. The van der Waals surface area contributed by atoms with Crippen molar-refractivity contribution in [1.82, 2.24) is 4.57 Å². The molecule has 0 fully saturated rings. The number of carbonyl (C=O) groups is 2. The summed E-state index contributed by atoms with van der Waals surface area (Å²) in [5.74, 6) is -0.591. The summed E-state index contributed by atoms with van der Waals surface area (Å²) in [4.78, 5) is 24.6. The number of Topliss-reactive ketones (excluding diaryl/α,β-unsaturated/α-hetero) is 2. The lowest BCUT2D eigenvalue weighted by Gasteiger charge is -2.24. The lowest BCUT2D eigenvalue weighted by Crippen LogP contribution is -2.24. The molecule has 4 heteroatoms. The van der Waals surface area contributed by atoms with Crippen molar-refractivity contribution in [3.05, 3.63) is 46.9 Å². The van der Waals surface area contributed by atoms with Crippen molar-refractivity contribution in [3.63, 3.8) is 0 Å². The Kier molecular flexibility index (Phi) is 4.31. The van der Waals surface area contributed by atoms with E-state index in [9.17, 15) is 14.7 Å². The van der Waals surface area contributed by atoms with Crippen LogP contribution in [-0.4, -0.2) is 21.2 Å². The summed E-state index contributed by atoms with van der Waals surface area (Å²) in [7, 11) is 1.99. The van der Waals surface area contributed by atoms with E-state index in [0.717, 1.165) is 16.8 Å². The van der Waals surface area contributed by atoms with Gasteiger partial charge in [-0.25, -0.2) is 0 Å². The first kappa shape index (κ1) is 16.5. The van der Waals surface area contributed by atoms with Gasteiger partial charge in [-0.2, -0.15) is 0 Å². The predicted molar refractivity (Wildman–Crippen MR) is 94.2 cm³/mol. The SMILES string of the molecule is CCCC(=O)C1=C(O)CC(c2c(C)c3ccccc3n2C)CC1=O. The van der Waals surface area contributed by atoms with Gasteiger partial charge in [0, 0.05) is 48.8 Å². The highest BCUT2D eigenvalue weighted by atomic mass is 16.3. The lowest BCUT2D eigenvalue weighted by atomic mass is 9.82. The normalized spacial score (nSPS) is 18.5. The van der Waals surface area contributed by atoms with Crippen LogP contribution in [0.3, 0.4) is 0 Å². The maximum absolute atomic E-state index is 12.5. The molecule has 0 radical (unpaired) electrons. The number of aliphatic hydroxyl groups is 1. The van der Waals surface area contributed by atoms with Crippen LogP contribution in [0.25, 0.3) is 10.9 Å². The minimum absolute atomic E-state index is 0.0320. The molecule has 1 unspecified atom stereocenters. The second-order valence-electron chi connectivity index (χ2n) is 6.61. The topological polar surface area (TPSA) is 59.3 Å². The Morgan fingerprint density at radius 2 is 2.00 bits per heavy atom. The van der Waals surface area contributed by atoms with Crippen LogP contribution in [0.4, 0.5) is 0 Å². The number of para-hydroxylation sites is 1. The van der Waals surface area contributed by atoms with Crippen molar-refractivity contribution in [1.29, 1.82) is 0 Å². The molecule has 0 aliphatic heterocycles. The Labute approximate surface area is 141 Å². The Bertz CT molecular complexity index is 818. The molecule has 1 atom stereocenters. The maximum Gasteiger partial charge on any atom is 0.170 e. The van der Waals surface area contributed by atoms with Gasteiger partial charge < -0.3 is 9.67 Å². The summed E-state index contributed by atoms with van der Waals surface area (Å²) in [6.45, 7) is 3.95. The summed E-state index contributed by atoms with van der Waals surface area (Å²) in [6, 6.07) is 8.13. The molecule has 24 heavy (non-hydrogen) atoms. The van der Waals surface area contributed by atoms with Gasteiger partial charge in [0.2, 0.25) is 0 Å². The van der Waals surface area contributed by atoms with Crippen LogP contribution in [0.15, 0.2) is 35.6 Å². The number of fused-ring (bicyclic) bond motifs is 1. The molecule has 1 N–H and O–H groups in total. The number of nitrogens with zero attached hydrogens (tertiary/aromatic N) is 1. The summed E-state index contributed by atoms with van der Waals surface area (Å²) in [5.41, 5.74) is 3.36. The molecule has 1 aliphatic carbocycles. The smallest absolute Gasteiger partial charge is 0.170 e. The molecule has 0 saturated heterocycles. The molecule has 3 rings (SSSR count). The van der Waals surface area contributed by atoms with Crippen LogP contribution in [0, 0.1) is 6.92 Å². The fourth-order valence-electron chi connectivity index (χ4n) is 3.94. The minimum atomic E-state index is -0.230. The predicted octanol–water partition coefficient (Wildman–Crippen LogP) is 4.11. The summed E-state index contributed by atoms with van der Waals surface area (Å²) in [5, 5.41) is 11.5. The third-order valence-electron chi connectivity index (χ3n) is 5.00. The molecule has 2 aromatic rings. The van der Waals surface area contributed by atoms with E-state index in [1.165, 1.54) is 5.39 Å². The average molecular weight is 325 g/mol. The van der Waals surface area contributed by atoms with E-state index in [2.05, 4.69) is 23.6 Å². The number of carbonyl (C=O) groups excluding carboxylic acids is 2. The van der Waals surface area contributed by atoms with E-state index in [0.29, 0.717) is 19.3 Å². The van der Waals surface area contributed by atoms with E-state index in [4.69, 9.17) is 0 Å². The van der Waals surface area contributed by atoms with Crippen molar-refractivity contribution < 1.29 is 14.7 Å². The van der Waals surface area contributed by atoms with E-state index in [1.54, 1.807) is 0 Å². The number of benzene rings is 1. The van der Waals surface area contributed by atoms with Gasteiger partial charge in [0.25, 0.3) is 0 Å². The van der Waals surface area contributed by atoms with Crippen LogP contribution < -0.4 is 0 Å². The number of aromatic nitrogens is 1. The van der Waals surface area contributed by atoms with Crippen LogP contribution in [0.5, 0.6) is 0 Å². The number of hydrogen-bond acceptors (Lipinski definition) is 3. The van der Waals surface area contributed by atoms with Gasteiger partial charge >= 0.3 is 0 Å². The van der Waals surface area contributed by atoms with Crippen molar-refractivity contribution in [2.75, 3.05) is 0 Å². The van der Waals surface area contributed by atoms with Crippen molar-refractivity contribution in [2.45, 2.75) is 45.4 Å². The van der Waals surface area contributed by atoms with Crippen LogP contribution >= 0.6 is 0 Å². The molecule has 126 valence electrons. The van der Waals surface area contributed by atoms with Gasteiger partial charge in [0.15, 0.2) is 11.6 Å². The number of aliphatic hydroxyl groups excluding tert-OH is 1. The first-order chi connectivity index (χ1) is 11.5. The van der Waals surface area contributed by atoms with Crippen molar-refractivity contribution in [3.8, 4) is 0 Å². The van der Waals surface area contributed by atoms with Crippen molar-refractivity contribution >= 4 is 22.5 Å². The molecule has 0 amide bonds. The molecule has 1 heterocycles. The summed E-state index contributed by atoms with van der Waals surface area (Å²) in [6.07, 6.45) is 1.61. The zero-order chi connectivity index (χ0) is 17.4. The van der Waals surface area contributed by atoms with Gasteiger partial charge in [-0.1, -0.05) is 25.1 Å². The lowest BCUT2D eigenvalue weighted by molar-refractivity contribution is -0.122. The molecule has 0 spiro atoms. The highest BCUT2D eigenvalue weighted by Gasteiger charge is 2.34. The van der Waals surface area contributed by atoms with Gasteiger partial charge in [-0.05, 0) is 25.0 Å². The molecule has 1 aliphatic rings. The quantitative estimate of drug-likeness (QED) is 0.860. The minimum Gasteiger partial charge on any atom is -0.511 e. The first-order valence-electron chi connectivity index (χ1n) is 8.48. The summed E-state index contributed by atoms with van der Waals surface area (Å²) < 4.78 is 2.11. The average Bonchev–Trinajstić information content (AvgIpc) is 2.79. The zero-order valence-corrected chi connectivity index (χ0v) is 14.4. The third-order valence-corrected chi connectivity index (χ3v) is 5.00. The molecule has 4 nitrogen and oxygen atoms in total. The number of rotatable bonds is 4. The fraction of sp³-hybridized carbons (Fsp3) is 0.400. The van der Waals surface area contributed by atoms with Gasteiger partial charge in [0.05, 0.1) is 5.57 Å². The largest absolute Gasteiger partial charge is 0.511 e. The van der Waals surface area contributed by atoms with E-state index in [1.807, 2.05) is 26.1 Å². The van der Waals surface area contributed by atoms with Gasteiger partial charge in [0.1, 0.15) is 5.76 Å². The second-order valence-corrected chi connectivity index (χ2v) is 6.61. The van der Waals surface area contributed by atoms with E-state index < -0.39 is 0 Å². The van der Waals surface area contributed by atoms with Gasteiger partial charge in [-0.15, -0.1) is 0 Å². The highest BCUT2D eigenvalue weighted by Crippen LogP contribution is 2.38. The van der Waals surface area contributed by atoms with E-state index in [-0.39, 0.29) is 35.2 Å². The number of ketones is 2. The third kappa shape index (κ3) is 2.56. The van der Waals surface area contributed by atoms with Crippen LogP contribution in [-0.2, 0) is 16.6 Å². The standard InChI is InChI=1S/C20H23NO3/c1-4-7-16(22)19-17(23)10-13(11-18(19)24)20-12(2)14-8-5-6-9-15(14)21(20)3/h5-6,8-9,13,23H,4,7,10-11H2,1-3H3. The van der Waals surface area contributed by atoms with Crippen LogP contribution in [0.1, 0.15) is 49.8 Å². The monoisotopic (exact) mass is 325 g/mol. The Morgan fingerprint density at radius 1 is 1.29 bits per heavy atom. The molecular weight excluding hydrogens is 302 g/mol. The van der Waals surface area contributed by atoms with E-state index >= 15 is 0 Å². The van der Waals surface area contributed by atoms with Crippen molar-refractivity contribution in [2.24, 2.45) is 7.05 Å². The molecule has 1 aromatic carbocycles. The fourth-order valence-corrected chi connectivity index (χ4v) is 3.94.